The highest BCUT2D eigenvalue weighted by Gasteiger charge is 2.19. The topological polar surface area (TPSA) is 130 Å². The molecule has 0 aliphatic heterocycles. The minimum Gasteiger partial charge on any atom is -0.491 e. The van der Waals surface area contributed by atoms with Gasteiger partial charge in [-0.3, -0.25) is 14.4 Å². The lowest BCUT2D eigenvalue weighted by Crippen LogP contribution is -2.37. The van der Waals surface area contributed by atoms with Crippen LogP contribution in [0.4, 0.5) is 4.39 Å². The van der Waals surface area contributed by atoms with Crippen LogP contribution in [0.3, 0.4) is 0 Å². The van der Waals surface area contributed by atoms with E-state index in [0.717, 1.165) is 4.90 Å². The molecule has 1 amide bonds. The number of amides is 1. The summed E-state index contributed by atoms with van der Waals surface area (Å²) < 4.78 is 17.1. The quantitative estimate of drug-likeness (QED) is 0.534. The summed E-state index contributed by atoms with van der Waals surface area (Å²) in [4.78, 5) is 35.2. The fourth-order valence-electron chi connectivity index (χ4n) is 2.07. The molecular weight excluding hydrogens is 334 g/mol. The Kier molecular flexibility index (Phi) is 8.34. The van der Waals surface area contributed by atoms with Crippen molar-refractivity contribution in [3.8, 4) is 5.75 Å². The van der Waals surface area contributed by atoms with Crippen molar-refractivity contribution in [3.63, 3.8) is 0 Å². The fraction of sp³-hybridized carbons (Fsp3) is 0.438. The maximum Gasteiger partial charge on any atom is 0.323 e. The Balaban J connectivity index is 2.71. The summed E-state index contributed by atoms with van der Waals surface area (Å²) in [6, 6.07) is 4.82. The van der Waals surface area contributed by atoms with Gasteiger partial charge in [-0.05, 0) is 37.1 Å². The molecule has 4 N–H and O–H groups in total. The molecule has 0 bridgehead atoms. The van der Waals surface area contributed by atoms with Crippen molar-refractivity contribution in [2.75, 3.05) is 26.4 Å². The van der Waals surface area contributed by atoms with Gasteiger partial charge in [0.15, 0.2) is 0 Å². The molecule has 0 aliphatic carbocycles. The molecule has 0 saturated carbocycles. The van der Waals surface area contributed by atoms with E-state index in [1.165, 1.54) is 24.3 Å². The lowest BCUT2D eigenvalue weighted by Gasteiger charge is -2.21. The van der Waals surface area contributed by atoms with E-state index in [9.17, 15) is 18.8 Å². The number of carbonyl (C=O) groups is 3. The van der Waals surface area contributed by atoms with E-state index < -0.39 is 37.1 Å². The van der Waals surface area contributed by atoms with Gasteiger partial charge in [0, 0.05) is 12.1 Å². The number of carbonyl (C=O) groups excluding carboxylic acids is 1. The Hall–Kier alpha value is -2.68. The predicted molar refractivity (Wildman–Crippen MR) is 86.3 cm³/mol. The van der Waals surface area contributed by atoms with Crippen molar-refractivity contribution in [1.29, 1.82) is 0 Å². The monoisotopic (exact) mass is 355 g/mol. The van der Waals surface area contributed by atoms with Crippen LogP contribution in [-0.2, 0) is 9.59 Å². The number of ether oxygens (including phenoxy) is 1. The molecule has 0 radical (unpaired) electrons. The number of nitrogens with two attached hydrogens (primary N) is 1. The number of rotatable bonds is 11. The minimum absolute atomic E-state index is 0.0617. The zero-order valence-corrected chi connectivity index (χ0v) is 13.6. The Morgan fingerprint density at radius 3 is 2.36 bits per heavy atom. The molecule has 1 rings (SSSR count). The second-order valence-corrected chi connectivity index (χ2v) is 5.27. The first kappa shape index (κ1) is 20.4. The minimum atomic E-state index is -1.18. The molecule has 0 heterocycles. The van der Waals surface area contributed by atoms with Crippen LogP contribution in [0.15, 0.2) is 24.3 Å². The average Bonchev–Trinajstić information content (AvgIpc) is 2.58. The molecule has 9 heteroatoms. The summed E-state index contributed by atoms with van der Waals surface area (Å²) in [5.41, 5.74) is 5.63. The number of carboxylic acids is 2. The summed E-state index contributed by atoms with van der Waals surface area (Å²) >= 11 is 0. The van der Waals surface area contributed by atoms with Gasteiger partial charge in [-0.1, -0.05) is 0 Å². The molecule has 0 saturated heterocycles. The second-order valence-electron chi connectivity index (χ2n) is 5.27. The molecular formula is C16H21FN2O6. The zero-order valence-electron chi connectivity index (χ0n) is 13.6. The lowest BCUT2D eigenvalue weighted by molar-refractivity contribution is -0.139. The van der Waals surface area contributed by atoms with E-state index in [-0.39, 0.29) is 31.6 Å². The number of aliphatic carboxylic acids is 2. The number of benzene rings is 1. The third kappa shape index (κ3) is 7.17. The van der Waals surface area contributed by atoms with Crippen LogP contribution in [0.2, 0.25) is 0 Å². The van der Waals surface area contributed by atoms with Crippen LogP contribution in [-0.4, -0.2) is 65.4 Å². The highest BCUT2D eigenvalue weighted by Crippen LogP contribution is 2.14. The van der Waals surface area contributed by atoms with Crippen molar-refractivity contribution >= 4 is 17.8 Å². The molecule has 1 atom stereocenters. The Labute approximate surface area is 144 Å². The summed E-state index contributed by atoms with van der Waals surface area (Å²) in [7, 11) is 0. The van der Waals surface area contributed by atoms with E-state index >= 15 is 0 Å². The summed E-state index contributed by atoms with van der Waals surface area (Å²) in [6.07, 6.45) is 0.374. The summed E-state index contributed by atoms with van der Waals surface area (Å²) in [5.74, 6) is -2.45. The number of carboxylic acid groups (broad SMARTS) is 2. The fourth-order valence-corrected chi connectivity index (χ4v) is 2.07. The first-order valence-corrected chi connectivity index (χ1v) is 7.63. The highest BCUT2D eigenvalue weighted by molar-refractivity contribution is 5.95. The largest absolute Gasteiger partial charge is 0.491 e. The molecule has 1 aromatic rings. The molecule has 0 spiro atoms. The SMILES string of the molecule is N[C@@H](CCCN(CC(=O)O)C(=O)c1ccc(OCC[18F])cc1)C(=O)O. The average molecular weight is 355 g/mol. The molecule has 0 fully saturated rings. The molecule has 138 valence electrons. The molecule has 0 aromatic heterocycles. The van der Waals surface area contributed by atoms with E-state index in [1.54, 1.807) is 0 Å². The molecule has 25 heavy (non-hydrogen) atoms. The van der Waals surface area contributed by atoms with Gasteiger partial charge in [-0.2, -0.15) is 0 Å². The van der Waals surface area contributed by atoms with Gasteiger partial charge in [0.1, 0.15) is 31.6 Å². The van der Waals surface area contributed by atoms with Gasteiger partial charge in [-0.15, -0.1) is 0 Å². The van der Waals surface area contributed by atoms with Gasteiger partial charge in [0.25, 0.3) is 5.91 Å². The zero-order chi connectivity index (χ0) is 18.8. The molecule has 1 aromatic carbocycles. The highest BCUT2D eigenvalue weighted by atomic mass is 18.2. The first-order chi connectivity index (χ1) is 11.8. The van der Waals surface area contributed by atoms with E-state index in [1.807, 2.05) is 0 Å². The number of nitrogens with zero attached hydrogens (tertiary/aromatic N) is 1. The first-order valence-electron chi connectivity index (χ1n) is 7.63. The number of alkyl halides is 1. The maximum atomic E-state index is 12.4. The van der Waals surface area contributed by atoms with Crippen LogP contribution in [0.25, 0.3) is 0 Å². The van der Waals surface area contributed by atoms with E-state index in [0.29, 0.717) is 5.75 Å². The van der Waals surface area contributed by atoms with Gasteiger partial charge < -0.3 is 25.6 Å². The van der Waals surface area contributed by atoms with Gasteiger partial charge in [0.05, 0.1) is 0 Å². The third-order valence-corrected chi connectivity index (χ3v) is 3.32. The van der Waals surface area contributed by atoms with Gasteiger partial charge >= 0.3 is 11.9 Å². The Bertz CT molecular complexity index is 593. The van der Waals surface area contributed by atoms with E-state index in [4.69, 9.17) is 20.7 Å². The maximum absolute atomic E-state index is 12.4. The number of hydrogen-bond acceptors (Lipinski definition) is 5. The Morgan fingerprint density at radius 2 is 1.84 bits per heavy atom. The van der Waals surface area contributed by atoms with Crippen LogP contribution in [0, 0.1) is 0 Å². The smallest absolute Gasteiger partial charge is 0.323 e. The second kappa shape index (κ2) is 10.2. The van der Waals surface area contributed by atoms with Gasteiger partial charge in [0.2, 0.25) is 0 Å². The van der Waals surface area contributed by atoms with E-state index in [2.05, 4.69) is 0 Å². The standard InChI is InChI=1S/C16H21FN2O6/c17-7-9-25-12-5-3-11(4-6-12)15(22)19(10-14(20)21)8-1-2-13(18)16(23)24/h3-6,13H,1-2,7-10,18H2,(H,20,21)(H,23,24)/t13-/m0/s1/i17-1. The molecule has 0 unspecified atom stereocenters. The van der Waals surface area contributed by atoms with Crippen molar-refractivity contribution in [2.45, 2.75) is 18.9 Å². The van der Waals surface area contributed by atoms with Crippen molar-refractivity contribution < 1.29 is 33.7 Å². The van der Waals surface area contributed by atoms with Crippen LogP contribution in [0.5, 0.6) is 5.75 Å². The van der Waals surface area contributed by atoms with Crippen LogP contribution < -0.4 is 10.5 Å². The number of halogens is 1. The van der Waals surface area contributed by atoms with Crippen molar-refractivity contribution in [1.82, 2.24) is 4.90 Å². The molecule has 8 nitrogen and oxygen atoms in total. The predicted octanol–water partition coefficient (Wildman–Crippen LogP) is 0.754. The summed E-state index contributed by atoms with van der Waals surface area (Å²) in [6.45, 7) is -1.18. The van der Waals surface area contributed by atoms with Crippen molar-refractivity contribution in [3.05, 3.63) is 29.8 Å². The Morgan fingerprint density at radius 1 is 1.20 bits per heavy atom. The third-order valence-electron chi connectivity index (χ3n) is 3.32. The van der Waals surface area contributed by atoms with Gasteiger partial charge in [-0.25, -0.2) is 4.39 Å². The van der Waals surface area contributed by atoms with Crippen LogP contribution >= 0.6 is 0 Å². The van der Waals surface area contributed by atoms with Crippen molar-refractivity contribution in [2.24, 2.45) is 5.73 Å². The number of hydrogen-bond donors (Lipinski definition) is 3. The lowest BCUT2D eigenvalue weighted by atomic mass is 10.1. The normalized spacial score (nSPS) is 11.6. The molecule has 0 aliphatic rings. The summed E-state index contributed by atoms with van der Waals surface area (Å²) in [5, 5.41) is 17.7. The van der Waals surface area contributed by atoms with Crippen LogP contribution in [0.1, 0.15) is 23.2 Å².